The predicted octanol–water partition coefficient (Wildman–Crippen LogP) is 1.23. The molecule has 1 aliphatic heterocycles. The van der Waals surface area contributed by atoms with Gasteiger partial charge in [0.1, 0.15) is 5.75 Å². The summed E-state index contributed by atoms with van der Waals surface area (Å²) in [5, 5.41) is 18.5. The number of carboxylic acid groups (broad SMARTS) is 1. The standard InChI is InChI=1S/C14H17IN2O4/c15-11-3-2-10(8-12(11)18)14(21)17-5-1-4-16(6-7-17)9-13(19)20/h2-3,8,18H,1,4-7,9H2,(H,19,20). The Hall–Kier alpha value is -1.35. The second-order valence-electron chi connectivity index (χ2n) is 4.98. The van der Waals surface area contributed by atoms with Gasteiger partial charge in [-0.25, -0.2) is 0 Å². The summed E-state index contributed by atoms with van der Waals surface area (Å²) in [5.41, 5.74) is 0.458. The molecule has 0 atom stereocenters. The molecule has 2 N–H and O–H groups in total. The highest BCUT2D eigenvalue weighted by Gasteiger charge is 2.21. The van der Waals surface area contributed by atoms with Crippen LogP contribution >= 0.6 is 22.6 Å². The van der Waals surface area contributed by atoms with Crippen LogP contribution in [0.2, 0.25) is 0 Å². The lowest BCUT2D eigenvalue weighted by Crippen LogP contribution is -2.36. The zero-order valence-electron chi connectivity index (χ0n) is 11.5. The molecule has 7 heteroatoms. The first-order chi connectivity index (χ1) is 9.97. The van der Waals surface area contributed by atoms with E-state index in [1.165, 1.54) is 6.07 Å². The number of carbonyl (C=O) groups excluding carboxylic acids is 1. The number of rotatable bonds is 3. The lowest BCUT2D eigenvalue weighted by molar-refractivity contribution is -0.138. The van der Waals surface area contributed by atoms with E-state index < -0.39 is 5.97 Å². The maximum absolute atomic E-state index is 12.4. The number of nitrogens with zero attached hydrogens (tertiary/aromatic N) is 2. The lowest BCUT2D eigenvalue weighted by Gasteiger charge is -2.21. The van der Waals surface area contributed by atoms with Gasteiger partial charge >= 0.3 is 5.97 Å². The molecule has 1 aromatic carbocycles. The second-order valence-corrected chi connectivity index (χ2v) is 6.14. The molecule has 0 unspecified atom stereocenters. The molecule has 1 amide bonds. The Morgan fingerprint density at radius 1 is 1.19 bits per heavy atom. The minimum absolute atomic E-state index is 0.00630. The fraction of sp³-hybridized carbons (Fsp3) is 0.429. The minimum atomic E-state index is -0.850. The number of benzene rings is 1. The summed E-state index contributed by atoms with van der Waals surface area (Å²) in [7, 11) is 0. The highest BCUT2D eigenvalue weighted by Crippen LogP contribution is 2.21. The number of halogens is 1. The minimum Gasteiger partial charge on any atom is -0.507 e. The van der Waals surface area contributed by atoms with Crippen LogP contribution in [0.3, 0.4) is 0 Å². The monoisotopic (exact) mass is 404 g/mol. The maximum Gasteiger partial charge on any atom is 0.317 e. The molecule has 6 nitrogen and oxygen atoms in total. The van der Waals surface area contributed by atoms with Gasteiger partial charge in [0, 0.05) is 31.7 Å². The number of amides is 1. The molecule has 0 bridgehead atoms. The van der Waals surface area contributed by atoms with E-state index in [0.717, 1.165) is 6.42 Å². The third-order valence-corrected chi connectivity index (χ3v) is 4.34. The van der Waals surface area contributed by atoms with Crippen molar-refractivity contribution in [1.29, 1.82) is 0 Å². The van der Waals surface area contributed by atoms with E-state index in [-0.39, 0.29) is 18.2 Å². The normalized spacial score (nSPS) is 16.5. The van der Waals surface area contributed by atoms with E-state index in [4.69, 9.17) is 5.11 Å². The van der Waals surface area contributed by atoms with Crippen molar-refractivity contribution >= 4 is 34.5 Å². The smallest absolute Gasteiger partial charge is 0.317 e. The van der Waals surface area contributed by atoms with E-state index in [9.17, 15) is 14.7 Å². The van der Waals surface area contributed by atoms with Gasteiger partial charge in [-0.15, -0.1) is 0 Å². The topological polar surface area (TPSA) is 81.1 Å². The highest BCUT2D eigenvalue weighted by molar-refractivity contribution is 14.1. The van der Waals surface area contributed by atoms with Crippen LogP contribution in [0.1, 0.15) is 16.8 Å². The van der Waals surface area contributed by atoms with Crippen molar-refractivity contribution in [2.45, 2.75) is 6.42 Å². The van der Waals surface area contributed by atoms with Gasteiger partial charge in [0.2, 0.25) is 0 Å². The fourth-order valence-electron chi connectivity index (χ4n) is 2.35. The second kappa shape index (κ2) is 7.08. The molecule has 21 heavy (non-hydrogen) atoms. The molecular formula is C14H17IN2O4. The molecule has 1 saturated heterocycles. The quantitative estimate of drug-likeness (QED) is 0.741. The Morgan fingerprint density at radius 3 is 2.62 bits per heavy atom. The molecule has 1 fully saturated rings. The number of carboxylic acids is 1. The number of aromatic hydroxyl groups is 1. The SMILES string of the molecule is O=C(O)CN1CCCN(C(=O)c2ccc(I)c(O)c2)CC1. The van der Waals surface area contributed by atoms with Crippen molar-refractivity contribution in [2.75, 3.05) is 32.7 Å². The first kappa shape index (κ1) is 16.0. The maximum atomic E-state index is 12.4. The third-order valence-electron chi connectivity index (χ3n) is 3.43. The summed E-state index contributed by atoms with van der Waals surface area (Å²) in [6, 6.07) is 4.88. The predicted molar refractivity (Wildman–Crippen MR) is 85.4 cm³/mol. The highest BCUT2D eigenvalue weighted by atomic mass is 127. The largest absolute Gasteiger partial charge is 0.507 e. The molecule has 1 heterocycles. The fourth-order valence-corrected chi connectivity index (χ4v) is 2.69. The van der Waals surface area contributed by atoms with E-state index >= 15 is 0 Å². The van der Waals surface area contributed by atoms with Crippen LogP contribution < -0.4 is 0 Å². The van der Waals surface area contributed by atoms with E-state index in [1.54, 1.807) is 17.0 Å². The van der Waals surface area contributed by atoms with Crippen LogP contribution in [-0.4, -0.2) is 64.6 Å². The van der Waals surface area contributed by atoms with E-state index in [2.05, 4.69) is 0 Å². The van der Waals surface area contributed by atoms with Crippen LogP contribution in [0.4, 0.5) is 0 Å². The first-order valence-corrected chi connectivity index (χ1v) is 7.77. The van der Waals surface area contributed by atoms with Crippen molar-refractivity contribution in [3.63, 3.8) is 0 Å². The van der Waals surface area contributed by atoms with Gasteiger partial charge in [0.05, 0.1) is 10.1 Å². The number of phenols is 1. The van der Waals surface area contributed by atoms with E-state index in [1.807, 2.05) is 27.5 Å². The Balaban J connectivity index is 2.02. The molecule has 0 aliphatic carbocycles. The van der Waals surface area contributed by atoms with Crippen molar-refractivity contribution in [3.8, 4) is 5.75 Å². The van der Waals surface area contributed by atoms with Crippen molar-refractivity contribution in [2.24, 2.45) is 0 Å². The summed E-state index contributed by atoms with van der Waals surface area (Å²) >= 11 is 2.00. The summed E-state index contributed by atoms with van der Waals surface area (Å²) in [6.45, 7) is 2.33. The van der Waals surface area contributed by atoms with Crippen LogP contribution in [0, 0.1) is 3.57 Å². The molecule has 0 spiro atoms. The molecule has 0 radical (unpaired) electrons. The Morgan fingerprint density at radius 2 is 1.95 bits per heavy atom. The number of aliphatic carboxylic acids is 1. The third kappa shape index (κ3) is 4.31. The number of hydrogen-bond donors (Lipinski definition) is 2. The average molecular weight is 404 g/mol. The number of hydrogen-bond acceptors (Lipinski definition) is 4. The van der Waals surface area contributed by atoms with Crippen molar-refractivity contribution in [3.05, 3.63) is 27.3 Å². The van der Waals surface area contributed by atoms with Gasteiger partial charge in [-0.3, -0.25) is 14.5 Å². The Kier molecular flexibility index (Phi) is 5.40. The molecule has 0 saturated carbocycles. The Bertz CT molecular complexity index is 550. The van der Waals surface area contributed by atoms with Crippen LogP contribution in [0.5, 0.6) is 5.75 Å². The zero-order chi connectivity index (χ0) is 15.4. The summed E-state index contributed by atoms with van der Waals surface area (Å²) < 4.78 is 0.702. The Labute approximate surface area is 136 Å². The number of carbonyl (C=O) groups is 2. The van der Waals surface area contributed by atoms with Crippen molar-refractivity contribution < 1.29 is 19.8 Å². The van der Waals surface area contributed by atoms with Gasteiger partial charge in [-0.05, 0) is 47.2 Å². The number of phenolic OH excluding ortho intramolecular Hbond substituents is 1. The van der Waals surface area contributed by atoms with Gasteiger partial charge in [0.15, 0.2) is 0 Å². The van der Waals surface area contributed by atoms with E-state index in [0.29, 0.717) is 35.3 Å². The summed E-state index contributed by atoms with van der Waals surface area (Å²) in [4.78, 5) is 26.7. The van der Waals surface area contributed by atoms with Crippen LogP contribution in [0.25, 0.3) is 0 Å². The van der Waals surface area contributed by atoms with Gasteiger partial charge in [-0.2, -0.15) is 0 Å². The molecule has 2 rings (SSSR count). The summed E-state index contributed by atoms with van der Waals surface area (Å²) in [6.07, 6.45) is 0.745. The van der Waals surface area contributed by atoms with Gasteiger partial charge < -0.3 is 15.1 Å². The molecule has 1 aliphatic rings. The molecular weight excluding hydrogens is 387 g/mol. The van der Waals surface area contributed by atoms with Gasteiger partial charge in [0.25, 0.3) is 5.91 Å². The zero-order valence-corrected chi connectivity index (χ0v) is 13.6. The molecule has 1 aromatic rings. The first-order valence-electron chi connectivity index (χ1n) is 6.69. The summed E-state index contributed by atoms with van der Waals surface area (Å²) in [5.74, 6) is -0.875. The van der Waals surface area contributed by atoms with Crippen molar-refractivity contribution in [1.82, 2.24) is 9.80 Å². The lowest BCUT2D eigenvalue weighted by atomic mass is 10.2. The molecule has 0 aromatic heterocycles. The van der Waals surface area contributed by atoms with Crippen LogP contribution in [0.15, 0.2) is 18.2 Å². The van der Waals surface area contributed by atoms with Crippen LogP contribution in [-0.2, 0) is 4.79 Å². The average Bonchev–Trinajstić information content (AvgIpc) is 2.66. The molecule has 114 valence electrons. The van der Waals surface area contributed by atoms with Gasteiger partial charge in [-0.1, -0.05) is 0 Å².